The molecule has 2 aromatic heterocycles. The van der Waals surface area contributed by atoms with Crippen LogP contribution in [0, 0.1) is 6.92 Å². The standard InChI is InChI=1S/C25H25N3OS/c1-16-7-8-22-19(11-16)20-13-27(3)10-9-23(20)28(22)24-15-30-14-21(24)17-5-4-6-18(12-17)25(29)26-2/h4-8,11-12,14-15H,9-10,13H2,1-3H3,(H,26,29). The maximum atomic E-state index is 12.2. The van der Waals surface area contributed by atoms with E-state index in [2.05, 4.69) is 63.8 Å². The molecule has 5 heteroatoms. The number of benzene rings is 2. The van der Waals surface area contributed by atoms with Gasteiger partial charge in [-0.3, -0.25) is 4.79 Å². The van der Waals surface area contributed by atoms with Gasteiger partial charge in [-0.15, -0.1) is 11.3 Å². The number of nitrogens with zero attached hydrogens (tertiary/aromatic N) is 2. The highest BCUT2D eigenvalue weighted by Gasteiger charge is 2.25. The summed E-state index contributed by atoms with van der Waals surface area (Å²) in [5.41, 5.74) is 9.54. The Morgan fingerprint density at radius 3 is 2.83 bits per heavy atom. The van der Waals surface area contributed by atoms with Crippen molar-refractivity contribution in [2.24, 2.45) is 0 Å². The van der Waals surface area contributed by atoms with Crippen LogP contribution in [0.2, 0.25) is 0 Å². The van der Waals surface area contributed by atoms with Crippen molar-refractivity contribution >= 4 is 28.1 Å². The summed E-state index contributed by atoms with van der Waals surface area (Å²) >= 11 is 1.71. The molecule has 4 aromatic rings. The maximum absolute atomic E-state index is 12.2. The van der Waals surface area contributed by atoms with Crippen molar-refractivity contribution in [3.8, 4) is 16.8 Å². The molecule has 0 bridgehead atoms. The van der Waals surface area contributed by atoms with Gasteiger partial charge in [0.15, 0.2) is 0 Å². The van der Waals surface area contributed by atoms with Crippen molar-refractivity contribution in [1.82, 2.24) is 14.8 Å². The van der Waals surface area contributed by atoms with E-state index in [4.69, 9.17) is 0 Å². The molecule has 4 nitrogen and oxygen atoms in total. The van der Waals surface area contributed by atoms with Crippen molar-refractivity contribution in [1.29, 1.82) is 0 Å². The first-order valence-electron chi connectivity index (χ1n) is 10.3. The number of carbonyl (C=O) groups excluding carboxylic acids is 1. The second kappa shape index (κ2) is 7.42. The molecule has 0 saturated carbocycles. The molecule has 0 radical (unpaired) electrons. The minimum atomic E-state index is -0.0593. The monoisotopic (exact) mass is 415 g/mol. The fourth-order valence-electron chi connectivity index (χ4n) is 4.53. The molecule has 0 spiro atoms. The Morgan fingerprint density at radius 1 is 1.13 bits per heavy atom. The largest absolute Gasteiger partial charge is 0.355 e. The fourth-order valence-corrected chi connectivity index (χ4v) is 5.36. The van der Waals surface area contributed by atoms with Crippen LogP contribution in [-0.4, -0.2) is 36.0 Å². The van der Waals surface area contributed by atoms with E-state index >= 15 is 0 Å². The van der Waals surface area contributed by atoms with E-state index in [1.54, 1.807) is 18.4 Å². The summed E-state index contributed by atoms with van der Waals surface area (Å²) in [6.45, 7) is 4.21. The van der Waals surface area contributed by atoms with Gasteiger partial charge in [-0.05, 0) is 49.4 Å². The van der Waals surface area contributed by atoms with Gasteiger partial charge in [0, 0.05) is 59.5 Å². The second-order valence-electron chi connectivity index (χ2n) is 8.10. The predicted octanol–water partition coefficient (Wildman–Crippen LogP) is 5.01. The average molecular weight is 416 g/mol. The predicted molar refractivity (Wildman–Crippen MR) is 125 cm³/mol. The lowest BCUT2D eigenvalue weighted by Crippen LogP contribution is -2.27. The SMILES string of the molecule is CNC(=O)c1cccc(-c2cscc2-n2c3c(c4cc(C)ccc42)CN(C)CC3)c1. The number of hydrogen-bond donors (Lipinski definition) is 1. The number of carbonyl (C=O) groups is 1. The molecule has 1 amide bonds. The molecular formula is C25H25N3OS. The number of amides is 1. The molecule has 3 heterocycles. The summed E-state index contributed by atoms with van der Waals surface area (Å²) in [5.74, 6) is -0.0593. The molecular weight excluding hydrogens is 390 g/mol. The first kappa shape index (κ1) is 19.1. The van der Waals surface area contributed by atoms with Gasteiger partial charge in [-0.1, -0.05) is 23.8 Å². The third-order valence-corrected chi connectivity index (χ3v) is 6.77. The quantitative estimate of drug-likeness (QED) is 0.510. The zero-order valence-electron chi connectivity index (χ0n) is 17.5. The van der Waals surface area contributed by atoms with Crippen LogP contribution >= 0.6 is 11.3 Å². The lowest BCUT2D eigenvalue weighted by atomic mass is 10.0. The Balaban J connectivity index is 1.73. The van der Waals surface area contributed by atoms with Gasteiger partial charge in [0.25, 0.3) is 5.91 Å². The maximum Gasteiger partial charge on any atom is 0.251 e. The third kappa shape index (κ3) is 3.06. The van der Waals surface area contributed by atoms with E-state index in [1.807, 2.05) is 18.2 Å². The minimum Gasteiger partial charge on any atom is -0.355 e. The number of hydrogen-bond acceptors (Lipinski definition) is 3. The number of rotatable bonds is 3. The van der Waals surface area contributed by atoms with Crippen LogP contribution in [0.5, 0.6) is 0 Å². The summed E-state index contributed by atoms with van der Waals surface area (Å²) in [4.78, 5) is 14.6. The second-order valence-corrected chi connectivity index (χ2v) is 8.84. The summed E-state index contributed by atoms with van der Waals surface area (Å²) in [5, 5.41) is 8.51. The lowest BCUT2D eigenvalue weighted by molar-refractivity contribution is 0.0963. The average Bonchev–Trinajstić information content (AvgIpc) is 3.35. The molecule has 0 fully saturated rings. The lowest BCUT2D eigenvalue weighted by Gasteiger charge is -2.24. The molecule has 0 saturated heterocycles. The van der Waals surface area contributed by atoms with E-state index in [-0.39, 0.29) is 5.91 Å². The fraction of sp³-hybridized carbons (Fsp3) is 0.240. The van der Waals surface area contributed by atoms with Crippen LogP contribution in [0.1, 0.15) is 27.2 Å². The topological polar surface area (TPSA) is 37.3 Å². The molecule has 1 N–H and O–H groups in total. The number of aromatic nitrogens is 1. The van der Waals surface area contributed by atoms with Crippen LogP contribution in [-0.2, 0) is 13.0 Å². The zero-order chi connectivity index (χ0) is 20.8. The highest BCUT2D eigenvalue weighted by Crippen LogP contribution is 2.38. The summed E-state index contributed by atoms with van der Waals surface area (Å²) in [6.07, 6.45) is 1.03. The van der Waals surface area contributed by atoms with Gasteiger partial charge in [-0.25, -0.2) is 0 Å². The van der Waals surface area contributed by atoms with E-state index in [0.717, 1.165) is 25.1 Å². The molecule has 5 rings (SSSR count). The van der Waals surface area contributed by atoms with Gasteiger partial charge in [0.2, 0.25) is 0 Å². The molecule has 0 unspecified atom stereocenters. The summed E-state index contributed by atoms with van der Waals surface area (Å²) in [7, 11) is 3.87. The molecule has 1 aliphatic rings. The molecule has 152 valence electrons. The Morgan fingerprint density at radius 2 is 2.00 bits per heavy atom. The van der Waals surface area contributed by atoms with Crippen LogP contribution in [0.3, 0.4) is 0 Å². The number of nitrogens with one attached hydrogen (secondary N) is 1. The Labute approximate surface area is 180 Å². The van der Waals surface area contributed by atoms with Gasteiger partial charge in [-0.2, -0.15) is 0 Å². The Hall–Kier alpha value is -2.89. The normalized spacial score (nSPS) is 14.1. The van der Waals surface area contributed by atoms with Crippen molar-refractivity contribution in [2.45, 2.75) is 19.9 Å². The van der Waals surface area contributed by atoms with Crippen molar-refractivity contribution in [3.05, 3.63) is 75.6 Å². The third-order valence-electron chi connectivity index (χ3n) is 6.04. The smallest absolute Gasteiger partial charge is 0.251 e. The van der Waals surface area contributed by atoms with E-state index < -0.39 is 0 Å². The van der Waals surface area contributed by atoms with Gasteiger partial charge >= 0.3 is 0 Å². The minimum absolute atomic E-state index is 0.0593. The molecule has 0 aliphatic carbocycles. The van der Waals surface area contributed by atoms with E-state index in [0.29, 0.717) is 5.56 Å². The first-order valence-corrected chi connectivity index (χ1v) is 11.2. The van der Waals surface area contributed by atoms with E-state index in [9.17, 15) is 4.79 Å². The van der Waals surface area contributed by atoms with Crippen LogP contribution in [0.15, 0.2) is 53.2 Å². The summed E-state index contributed by atoms with van der Waals surface area (Å²) < 4.78 is 2.45. The van der Waals surface area contributed by atoms with Gasteiger partial charge in [0.1, 0.15) is 0 Å². The van der Waals surface area contributed by atoms with Crippen molar-refractivity contribution in [3.63, 3.8) is 0 Å². The summed E-state index contributed by atoms with van der Waals surface area (Å²) in [6, 6.07) is 14.7. The number of fused-ring (bicyclic) bond motifs is 3. The Bertz CT molecular complexity index is 1270. The van der Waals surface area contributed by atoms with Crippen molar-refractivity contribution < 1.29 is 4.79 Å². The molecule has 30 heavy (non-hydrogen) atoms. The van der Waals surface area contributed by atoms with E-state index in [1.165, 1.54) is 39.0 Å². The Kier molecular flexibility index (Phi) is 4.72. The molecule has 1 aliphatic heterocycles. The molecule has 2 aromatic carbocycles. The highest BCUT2D eigenvalue weighted by atomic mass is 32.1. The van der Waals surface area contributed by atoms with Gasteiger partial charge in [0.05, 0.1) is 11.2 Å². The molecule has 0 atom stereocenters. The number of aryl methyl sites for hydroxylation is 1. The van der Waals surface area contributed by atoms with Gasteiger partial charge < -0.3 is 14.8 Å². The van der Waals surface area contributed by atoms with Crippen LogP contribution < -0.4 is 5.32 Å². The zero-order valence-corrected chi connectivity index (χ0v) is 18.3. The number of thiophene rings is 1. The first-order chi connectivity index (χ1) is 14.6. The van der Waals surface area contributed by atoms with Crippen molar-refractivity contribution in [2.75, 3.05) is 20.6 Å². The van der Waals surface area contributed by atoms with Crippen LogP contribution in [0.25, 0.3) is 27.7 Å². The highest BCUT2D eigenvalue weighted by molar-refractivity contribution is 7.08. The number of likely N-dealkylation sites (N-methyl/N-ethyl adjacent to an activating group) is 1. The van der Waals surface area contributed by atoms with Crippen LogP contribution in [0.4, 0.5) is 0 Å².